The maximum absolute atomic E-state index is 13.2. The first-order chi connectivity index (χ1) is 13.8. The van der Waals surface area contributed by atoms with Crippen LogP contribution in [0.2, 0.25) is 0 Å². The predicted octanol–water partition coefficient (Wildman–Crippen LogP) is 5.16. The highest BCUT2D eigenvalue weighted by Gasteiger charge is 2.25. The van der Waals surface area contributed by atoms with Crippen molar-refractivity contribution in [1.82, 2.24) is 9.71 Å². The summed E-state index contributed by atoms with van der Waals surface area (Å²) in [7, 11) is -3.71. The minimum atomic E-state index is -3.71. The van der Waals surface area contributed by atoms with Gasteiger partial charge in [-0.25, -0.2) is 8.42 Å². The predicted molar refractivity (Wildman–Crippen MR) is 118 cm³/mol. The third-order valence-corrected chi connectivity index (χ3v) is 6.84. The molecule has 0 amide bonds. The Labute approximate surface area is 171 Å². The number of benzene rings is 3. The Kier molecular flexibility index (Phi) is 5.03. The van der Waals surface area contributed by atoms with Crippen LogP contribution in [-0.2, 0) is 10.0 Å². The summed E-state index contributed by atoms with van der Waals surface area (Å²) in [6.45, 7) is 6.03. The van der Waals surface area contributed by atoms with Crippen molar-refractivity contribution in [1.29, 1.82) is 0 Å². The van der Waals surface area contributed by atoms with E-state index in [0.717, 1.165) is 33.2 Å². The molecule has 4 nitrogen and oxygen atoms in total. The zero-order chi connectivity index (χ0) is 20.6. The van der Waals surface area contributed by atoms with Gasteiger partial charge in [0.1, 0.15) is 0 Å². The number of para-hydroxylation sites is 1. The van der Waals surface area contributed by atoms with Crippen LogP contribution in [-0.4, -0.2) is 13.4 Å². The number of aromatic amines is 1. The highest BCUT2D eigenvalue weighted by atomic mass is 32.2. The summed E-state index contributed by atoms with van der Waals surface area (Å²) in [5.74, 6) is 0. The summed E-state index contributed by atoms with van der Waals surface area (Å²) in [5.41, 5.74) is 6.11. The lowest BCUT2D eigenvalue weighted by Gasteiger charge is -2.20. The number of nitrogens with one attached hydrogen (secondary N) is 2. The zero-order valence-corrected chi connectivity index (χ0v) is 17.5. The molecule has 0 fully saturated rings. The zero-order valence-electron chi connectivity index (χ0n) is 16.7. The van der Waals surface area contributed by atoms with Gasteiger partial charge in [-0.3, -0.25) is 0 Å². The van der Waals surface area contributed by atoms with E-state index >= 15 is 0 Å². The van der Waals surface area contributed by atoms with E-state index < -0.39 is 16.1 Å². The molecule has 148 valence electrons. The number of H-pyrrole nitrogens is 1. The molecule has 0 aliphatic rings. The molecule has 0 saturated carbocycles. The lowest BCUT2D eigenvalue weighted by Crippen LogP contribution is -2.29. The number of fused-ring (bicyclic) bond motifs is 1. The number of rotatable bonds is 5. The van der Waals surface area contributed by atoms with E-state index in [0.29, 0.717) is 0 Å². The summed E-state index contributed by atoms with van der Waals surface area (Å²) in [6.07, 6.45) is 1.89. The van der Waals surface area contributed by atoms with Gasteiger partial charge in [-0.05, 0) is 61.2 Å². The molecule has 0 aliphatic heterocycles. The van der Waals surface area contributed by atoms with Gasteiger partial charge in [0.2, 0.25) is 10.0 Å². The monoisotopic (exact) mass is 404 g/mol. The maximum Gasteiger partial charge on any atom is 0.241 e. The average molecular weight is 405 g/mol. The van der Waals surface area contributed by atoms with E-state index in [9.17, 15) is 8.42 Å². The Morgan fingerprint density at radius 2 is 1.59 bits per heavy atom. The summed E-state index contributed by atoms with van der Waals surface area (Å²) in [6, 6.07) is 20.4. The maximum atomic E-state index is 13.2. The topological polar surface area (TPSA) is 62.0 Å². The van der Waals surface area contributed by atoms with Crippen LogP contribution in [0.4, 0.5) is 0 Å². The third kappa shape index (κ3) is 3.84. The quantitative estimate of drug-likeness (QED) is 0.482. The Morgan fingerprint density at radius 1 is 0.862 bits per heavy atom. The number of hydrogen-bond acceptors (Lipinski definition) is 2. The van der Waals surface area contributed by atoms with Crippen molar-refractivity contribution < 1.29 is 8.42 Å². The molecule has 4 rings (SSSR count). The van der Waals surface area contributed by atoms with Crippen molar-refractivity contribution in [3.63, 3.8) is 0 Å². The van der Waals surface area contributed by atoms with E-state index in [2.05, 4.69) is 22.7 Å². The Hall–Kier alpha value is -2.89. The second-order valence-corrected chi connectivity index (χ2v) is 9.21. The van der Waals surface area contributed by atoms with E-state index in [1.807, 2.05) is 68.6 Å². The van der Waals surface area contributed by atoms with Gasteiger partial charge in [-0.1, -0.05) is 54.1 Å². The molecule has 5 heteroatoms. The summed E-state index contributed by atoms with van der Waals surface area (Å²) < 4.78 is 29.3. The van der Waals surface area contributed by atoms with Crippen molar-refractivity contribution in [3.05, 3.63) is 101 Å². The van der Waals surface area contributed by atoms with Gasteiger partial charge >= 0.3 is 0 Å². The first-order valence-corrected chi connectivity index (χ1v) is 11.1. The SMILES string of the molecule is Cc1ccc(S(=O)(=O)NC(c2ccc(C)c(C)c2)c2c[nH]c3ccccc23)cc1. The first kappa shape index (κ1) is 19.4. The van der Waals surface area contributed by atoms with E-state index in [-0.39, 0.29) is 4.90 Å². The van der Waals surface area contributed by atoms with Crippen molar-refractivity contribution in [2.45, 2.75) is 31.7 Å². The van der Waals surface area contributed by atoms with E-state index in [1.54, 1.807) is 12.1 Å². The molecule has 2 N–H and O–H groups in total. The molecular formula is C24H24N2O2S. The van der Waals surface area contributed by atoms with Gasteiger partial charge in [0, 0.05) is 17.1 Å². The molecular weight excluding hydrogens is 380 g/mol. The molecule has 1 aromatic heterocycles. The van der Waals surface area contributed by atoms with E-state index in [4.69, 9.17) is 0 Å². The van der Waals surface area contributed by atoms with Crippen molar-refractivity contribution >= 4 is 20.9 Å². The normalized spacial score (nSPS) is 12.9. The Bertz CT molecular complexity index is 1270. The smallest absolute Gasteiger partial charge is 0.241 e. The summed E-state index contributed by atoms with van der Waals surface area (Å²) >= 11 is 0. The van der Waals surface area contributed by atoms with Crippen molar-refractivity contribution in [2.24, 2.45) is 0 Å². The second kappa shape index (κ2) is 7.50. The standard InChI is InChI=1S/C24H24N2O2S/c1-16-8-12-20(13-9-16)29(27,28)26-24(19-11-10-17(2)18(3)14-19)22-15-25-23-7-5-4-6-21(22)23/h4-15,24-26H,1-3H3. The fraction of sp³-hybridized carbons (Fsp3) is 0.167. The van der Waals surface area contributed by atoms with Crippen LogP contribution in [0.1, 0.15) is 33.9 Å². The molecule has 29 heavy (non-hydrogen) atoms. The fourth-order valence-corrected chi connectivity index (χ4v) is 4.73. The van der Waals surface area contributed by atoms with Gasteiger partial charge in [0.05, 0.1) is 10.9 Å². The molecule has 1 heterocycles. The molecule has 0 aliphatic carbocycles. The highest BCUT2D eigenvalue weighted by Crippen LogP contribution is 2.31. The van der Waals surface area contributed by atoms with Crippen LogP contribution in [0.15, 0.2) is 77.8 Å². The van der Waals surface area contributed by atoms with Gasteiger partial charge in [0.15, 0.2) is 0 Å². The fourth-order valence-electron chi connectivity index (χ4n) is 3.53. The van der Waals surface area contributed by atoms with E-state index in [1.165, 1.54) is 5.56 Å². The van der Waals surface area contributed by atoms with Gasteiger partial charge in [-0.2, -0.15) is 4.72 Å². The molecule has 1 atom stereocenters. The third-order valence-electron chi connectivity index (χ3n) is 5.40. The number of aromatic nitrogens is 1. The molecule has 4 aromatic rings. The van der Waals surface area contributed by atoms with Gasteiger partial charge in [-0.15, -0.1) is 0 Å². The minimum absolute atomic E-state index is 0.261. The Balaban J connectivity index is 1.84. The number of sulfonamides is 1. The minimum Gasteiger partial charge on any atom is -0.361 e. The summed E-state index contributed by atoms with van der Waals surface area (Å²) in [5, 5.41) is 1.00. The van der Waals surface area contributed by atoms with Crippen molar-refractivity contribution in [3.8, 4) is 0 Å². The van der Waals surface area contributed by atoms with Crippen LogP contribution in [0, 0.1) is 20.8 Å². The molecule has 1 unspecified atom stereocenters. The lowest BCUT2D eigenvalue weighted by atomic mass is 9.96. The van der Waals surface area contributed by atoms with Crippen LogP contribution in [0.3, 0.4) is 0 Å². The molecule has 0 saturated heterocycles. The van der Waals surface area contributed by atoms with Gasteiger partial charge < -0.3 is 4.98 Å². The largest absolute Gasteiger partial charge is 0.361 e. The van der Waals surface area contributed by atoms with Crippen LogP contribution >= 0.6 is 0 Å². The average Bonchev–Trinajstić information content (AvgIpc) is 3.13. The van der Waals surface area contributed by atoms with Crippen molar-refractivity contribution in [2.75, 3.05) is 0 Å². The van der Waals surface area contributed by atoms with Crippen LogP contribution in [0.25, 0.3) is 10.9 Å². The second-order valence-electron chi connectivity index (χ2n) is 7.50. The lowest BCUT2D eigenvalue weighted by molar-refractivity contribution is 0.572. The number of hydrogen-bond donors (Lipinski definition) is 2. The summed E-state index contributed by atoms with van der Waals surface area (Å²) in [4.78, 5) is 3.52. The van der Waals surface area contributed by atoms with Crippen LogP contribution in [0.5, 0.6) is 0 Å². The first-order valence-electron chi connectivity index (χ1n) is 9.57. The molecule has 0 radical (unpaired) electrons. The molecule has 3 aromatic carbocycles. The molecule has 0 bridgehead atoms. The Morgan fingerprint density at radius 3 is 2.31 bits per heavy atom. The highest BCUT2D eigenvalue weighted by molar-refractivity contribution is 7.89. The van der Waals surface area contributed by atoms with Gasteiger partial charge in [0.25, 0.3) is 0 Å². The number of aryl methyl sites for hydroxylation is 3. The van der Waals surface area contributed by atoms with Crippen LogP contribution < -0.4 is 4.72 Å². The molecule has 0 spiro atoms.